The van der Waals surface area contributed by atoms with E-state index in [0.717, 1.165) is 21.6 Å². The van der Waals surface area contributed by atoms with Crippen LogP contribution in [0.25, 0.3) is 11.8 Å². The quantitative estimate of drug-likeness (QED) is 0.705. The van der Waals surface area contributed by atoms with E-state index in [9.17, 15) is 14.7 Å². The van der Waals surface area contributed by atoms with E-state index in [-0.39, 0.29) is 12.8 Å². The highest BCUT2D eigenvalue weighted by Crippen LogP contribution is 2.48. The van der Waals surface area contributed by atoms with Crippen molar-refractivity contribution in [2.24, 2.45) is 17.6 Å². The van der Waals surface area contributed by atoms with Gasteiger partial charge < -0.3 is 20.7 Å². The van der Waals surface area contributed by atoms with Crippen molar-refractivity contribution in [3.63, 3.8) is 0 Å². The number of carboxylic acids is 2. The SMILES string of the molecule is N[C@@](CC1=CC=CC2=c3ccccc3=COC12)(C(=O)O)[C@@H]1C[C@H]1C(=O)O. The van der Waals surface area contributed by atoms with Crippen LogP contribution in [0.2, 0.25) is 0 Å². The van der Waals surface area contributed by atoms with E-state index in [1.807, 2.05) is 42.5 Å². The first kappa shape index (κ1) is 16.6. The number of ether oxygens (including phenoxy) is 1. The molecule has 0 saturated heterocycles. The Morgan fingerprint density at radius 1 is 1.27 bits per heavy atom. The van der Waals surface area contributed by atoms with Gasteiger partial charge in [-0.1, -0.05) is 42.5 Å². The van der Waals surface area contributed by atoms with E-state index in [1.165, 1.54) is 0 Å². The second-order valence-corrected chi connectivity index (χ2v) is 7.09. The minimum absolute atomic E-state index is 0.0469. The molecule has 1 aromatic rings. The Labute approximate surface area is 149 Å². The monoisotopic (exact) mass is 353 g/mol. The van der Waals surface area contributed by atoms with Crippen LogP contribution in [0.3, 0.4) is 0 Å². The molecule has 134 valence electrons. The second kappa shape index (κ2) is 5.85. The molecule has 4 rings (SSSR count). The van der Waals surface area contributed by atoms with Gasteiger partial charge in [0.25, 0.3) is 0 Å². The smallest absolute Gasteiger partial charge is 0.324 e. The Morgan fingerprint density at radius 3 is 2.73 bits per heavy atom. The fourth-order valence-electron chi connectivity index (χ4n) is 3.94. The molecule has 0 radical (unpaired) electrons. The van der Waals surface area contributed by atoms with E-state index in [2.05, 4.69) is 0 Å². The fourth-order valence-corrected chi connectivity index (χ4v) is 3.94. The van der Waals surface area contributed by atoms with Crippen LogP contribution in [0.5, 0.6) is 0 Å². The molecule has 1 fully saturated rings. The number of fused-ring (bicyclic) bond motifs is 2. The summed E-state index contributed by atoms with van der Waals surface area (Å²) < 4.78 is 5.87. The highest BCUT2D eigenvalue weighted by atomic mass is 16.5. The van der Waals surface area contributed by atoms with Crippen molar-refractivity contribution >= 4 is 23.8 Å². The summed E-state index contributed by atoms with van der Waals surface area (Å²) in [6, 6.07) is 7.83. The zero-order valence-corrected chi connectivity index (χ0v) is 14.0. The molecular formula is C20H19NO5. The molecule has 26 heavy (non-hydrogen) atoms. The van der Waals surface area contributed by atoms with Crippen LogP contribution in [-0.4, -0.2) is 33.8 Å². The highest BCUT2D eigenvalue weighted by molar-refractivity contribution is 5.84. The minimum Gasteiger partial charge on any atom is -0.488 e. The van der Waals surface area contributed by atoms with E-state index in [0.29, 0.717) is 0 Å². The summed E-state index contributed by atoms with van der Waals surface area (Å²) in [4.78, 5) is 23.1. The summed E-state index contributed by atoms with van der Waals surface area (Å²) in [5.74, 6) is -3.44. The summed E-state index contributed by atoms with van der Waals surface area (Å²) in [5.41, 5.74) is 6.30. The lowest BCUT2D eigenvalue weighted by atomic mass is 9.80. The van der Waals surface area contributed by atoms with E-state index in [4.69, 9.17) is 15.6 Å². The fraction of sp³-hybridized carbons (Fsp3) is 0.300. The molecule has 1 aromatic carbocycles. The molecule has 4 N–H and O–H groups in total. The van der Waals surface area contributed by atoms with Crippen LogP contribution in [-0.2, 0) is 14.3 Å². The summed E-state index contributed by atoms with van der Waals surface area (Å²) in [5, 5.41) is 20.9. The zero-order chi connectivity index (χ0) is 18.5. The van der Waals surface area contributed by atoms with Gasteiger partial charge in [0.1, 0.15) is 11.6 Å². The molecule has 2 aliphatic carbocycles. The molecule has 6 nitrogen and oxygen atoms in total. The number of carboxylic acid groups (broad SMARTS) is 2. The number of hydrogen-bond donors (Lipinski definition) is 3. The van der Waals surface area contributed by atoms with E-state index < -0.39 is 35.4 Å². The second-order valence-electron chi connectivity index (χ2n) is 7.09. The minimum atomic E-state index is -1.62. The van der Waals surface area contributed by atoms with Crippen molar-refractivity contribution in [3.05, 3.63) is 58.5 Å². The third-order valence-corrected chi connectivity index (χ3v) is 5.47. The Kier molecular flexibility index (Phi) is 3.73. The lowest BCUT2D eigenvalue weighted by Crippen LogP contribution is -2.52. The topological polar surface area (TPSA) is 110 Å². The van der Waals surface area contributed by atoms with Crippen molar-refractivity contribution in [1.82, 2.24) is 0 Å². The molecule has 0 bridgehead atoms. The van der Waals surface area contributed by atoms with Gasteiger partial charge in [0.2, 0.25) is 0 Å². The molecule has 1 aliphatic heterocycles. The average Bonchev–Trinajstić information content (AvgIpc) is 3.43. The number of carbonyl (C=O) groups is 2. The maximum Gasteiger partial charge on any atom is 0.324 e. The Hall–Kier alpha value is -2.86. The molecule has 3 aliphatic rings. The van der Waals surface area contributed by atoms with Crippen molar-refractivity contribution in [1.29, 1.82) is 0 Å². The van der Waals surface area contributed by atoms with Gasteiger partial charge in [-0.05, 0) is 17.2 Å². The summed E-state index contributed by atoms with van der Waals surface area (Å²) in [6.07, 6.45) is 7.24. The Bertz CT molecular complexity index is 976. The first-order valence-electron chi connectivity index (χ1n) is 8.49. The van der Waals surface area contributed by atoms with E-state index >= 15 is 0 Å². The summed E-state index contributed by atoms with van der Waals surface area (Å²) in [6.45, 7) is 0. The van der Waals surface area contributed by atoms with Crippen LogP contribution in [0, 0.1) is 11.8 Å². The number of nitrogens with two attached hydrogens (primary N) is 1. The van der Waals surface area contributed by atoms with Crippen LogP contribution >= 0.6 is 0 Å². The van der Waals surface area contributed by atoms with Gasteiger partial charge in [0, 0.05) is 23.1 Å². The number of hydrogen-bond acceptors (Lipinski definition) is 4. The normalized spacial score (nSPS) is 27.8. The summed E-state index contributed by atoms with van der Waals surface area (Å²) in [7, 11) is 0. The molecule has 0 spiro atoms. The molecule has 1 saturated carbocycles. The lowest BCUT2D eigenvalue weighted by molar-refractivity contribution is -0.145. The molecule has 0 aromatic heterocycles. The largest absolute Gasteiger partial charge is 0.488 e. The van der Waals surface area contributed by atoms with Crippen LogP contribution in [0.4, 0.5) is 0 Å². The van der Waals surface area contributed by atoms with Gasteiger partial charge in [0.05, 0.1) is 12.2 Å². The molecular weight excluding hydrogens is 334 g/mol. The predicted octanol–water partition coefficient (Wildman–Crippen LogP) is 0.363. The maximum atomic E-state index is 11.9. The third-order valence-electron chi connectivity index (χ3n) is 5.47. The van der Waals surface area contributed by atoms with Crippen LogP contribution in [0.15, 0.2) is 48.1 Å². The standard InChI is InChI=1S/C20H19NO5/c21-20(19(24)25,16-8-15(16)18(22)23)9-11-5-3-7-14-13-6-2-1-4-12(13)10-26-17(11)14/h1-7,10,15-17H,8-9,21H2,(H,22,23)(H,24,25)/t15-,16-,17?,20-/m1/s1. The zero-order valence-electron chi connectivity index (χ0n) is 14.0. The number of aliphatic carboxylic acids is 2. The Morgan fingerprint density at radius 2 is 2.04 bits per heavy atom. The van der Waals surface area contributed by atoms with Crippen LogP contribution < -0.4 is 16.2 Å². The van der Waals surface area contributed by atoms with Crippen molar-refractivity contribution in [2.75, 3.05) is 0 Å². The first-order valence-corrected chi connectivity index (χ1v) is 8.49. The molecule has 1 unspecified atom stereocenters. The van der Waals surface area contributed by atoms with Crippen molar-refractivity contribution in [3.8, 4) is 0 Å². The van der Waals surface area contributed by atoms with Gasteiger partial charge in [-0.25, -0.2) is 0 Å². The van der Waals surface area contributed by atoms with Crippen molar-refractivity contribution < 1.29 is 24.5 Å². The van der Waals surface area contributed by atoms with Crippen LogP contribution in [0.1, 0.15) is 12.8 Å². The number of allylic oxidation sites excluding steroid dienone is 2. The van der Waals surface area contributed by atoms with E-state index in [1.54, 1.807) is 6.26 Å². The van der Waals surface area contributed by atoms with Gasteiger partial charge in [-0.3, -0.25) is 9.59 Å². The highest BCUT2D eigenvalue weighted by Gasteiger charge is 2.58. The Balaban J connectivity index is 1.68. The van der Waals surface area contributed by atoms with Gasteiger partial charge in [-0.2, -0.15) is 0 Å². The third kappa shape index (κ3) is 2.54. The molecule has 1 heterocycles. The van der Waals surface area contributed by atoms with Gasteiger partial charge in [0.15, 0.2) is 0 Å². The number of benzene rings is 1. The molecule has 0 amide bonds. The molecule has 4 atom stereocenters. The molecule has 6 heteroatoms. The maximum absolute atomic E-state index is 11.9. The predicted molar refractivity (Wildman–Crippen MR) is 94.1 cm³/mol. The summed E-state index contributed by atoms with van der Waals surface area (Å²) >= 11 is 0. The first-order chi connectivity index (χ1) is 12.4. The lowest BCUT2D eigenvalue weighted by Gasteiger charge is -2.32. The van der Waals surface area contributed by atoms with Gasteiger partial charge in [-0.15, -0.1) is 0 Å². The number of rotatable bonds is 5. The van der Waals surface area contributed by atoms with Gasteiger partial charge >= 0.3 is 11.9 Å². The average molecular weight is 353 g/mol. The van der Waals surface area contributed by atoms with Crippen molar-refractivity contribution in [2.45, 2.75) is 24.5 Å².